The number of nitrogens with one attached hydrogen (secondary N) is 2. The molecule has 0 aliphatic heterocycles. The number of likely N-dealkylation sites (N-methyl/N-ethyl adjacent to an activating group) is 1. The standard InChI is InChI=1S/C22H25FN8O/c1-29(2)11-19(32)24-10-14-8-13(4-7-16(14)23)17-9-18-27-21(26-15-5-6-15)20-22(31(18)28-17)30(3)12-25-20/h4,7-9,12,15H,5-6,10-11H2,1-3H3,(H,24,32)(H,26,27). The molecule has 1 aliphatic carbocycles. The molecule has 9 nitrogen and oxygen atoms in total. The first-order valence-electron chi connectivity index (χ1n) is 10.6. The summed E-state index contributed by atoms with van der Waals surface area (Å²) in [4.78, 5) is 23.0. The molecule has 32 heavy (non-hydrogen) atoms. The number of carbonyl (C=O) groups excluding carboxylic acids is 1. The van der Waals surface area contributed by atoms with Crippen LogP contribution in [0.5, 0.6) is 0 Å². The molecule has 1 amide bonds. The van der Waals surface area contributed by atoms with Gasteiger partial charge in [0.1, 0.15) is 5.82 Å². The van der Waals surface area contributed by atoms with Gasteiger partial charge in [0.25, 0.3) is 0 Å². The molecule has 166 valence electrons. The number of rotatable bonds is 7. The van der Waals surface area contributed by atoms with Gasteiger partial charge in [0.15, 0.2) is 22.6 Å². The Morgan fingerprint density at radius 1 is 1.28 bits per heavy atom. The lowest BCUT2D eigenvalue weighted by molar-refractivity contribution is -0.121. The second kappa shape index (κ2) is 7.86. The van der Waals surface area contributed by atoms with Crippen molar-refractivity contribution in [3.05, 3.63) is 42.0 Å². The predicted molar refractivity (Wildman–Crippen MR) is 120 cm³/mol. The fourth-order valence-corrected chi connectivity index (χ4v) is 3.68. The number of aryl methyl sites for hydroxylation is 1. The van der Waals surface area contributed by atoms with Gasteiger partial charge in [-0.25, -0.2) is 14.4 Å². The first-order valence-corrected chi connectivity index (χ1v) is 10.6. The molecule has 3 heterocycles. The van der Waals surface area contributed by atoms with Crippen molar-refractivity contribution < 1.29 is 9.18 Å². The van der Waals surface area contributed by atoms with Crippen LogP contribution < -0.4 is 10.6 Å². The minimum Gasteiger partial charge on any atom is -0.365 e. The normalized spacial score (nSPS) is 13.9. The third kappa shape index (κ3) is 3.89. The zero-order valence-corrected chi connectivity index (χ0v) is 18.3. The lowest BCUT2D eigenvalue weighted by atomic mass is 10.1. The number of aromatic nitrogens is 5. The smallest absolute Gasteiger partial charge is 0.234 e. The minimum absolute atomic E-state index is 0.111. The monoisotopic (exact) mass is 436 g/mol. The molecule has 10 heteroatoms. The maximum atomic E-state index is 14.4. The second-order valence-electron chi connectivity index (χ2n) is 8.53. The molecule has 0 bridgehead atoms. The summed E-state index contributed by atoms with van der Waals surface area (Å²) in [6.45, 7) is 0.358. The second-order valence-corrected chi connectivity index (χ2v) is 8.53. The van der Waals surface area contributed by atoms with Crippen LogP contribution in [0.25, 0.3) is 28.1 Å². The lowest BCUT2D eigenvalue weighted by Crippen LogP contribution is -2.33. The van der Waals surface area contributed by atoms with Gasteiger partial charge in [-0.15, -0.1) is 0 Å². The van der Waals surface area contributed by atoms with Gasteiger partial charge in [-0.3, -0.25) is 4.79 Å². The number of anilines is 1. The summed E-state index contributed by atoms with van der Waals surface area (Å²) in [6.07, 6.45) is 4.02. The summed E-state index contributed by atoms with van der Waals surface area (Å²) >= 11 is 0. The third-order valence-electron chi connectivity index (χ3n) is 5.44. The van der Waals surface area contributed by atoms with Crippen molar-refractivity contribution in [1.82, 2.24) is 34.4 Å². The van der Waals surface area contributed by atoms with Gasteiger partial charge >= 0.3 is 0 Å². The highest BCUT2D eigenvalue weighted by molar-refractivity contribution is 5.86. The Kier molecular flexibility index (Phi) is 5.01. The molecule has 0 unspecified atom stereocenters. The largest absolute Gasteiger partial charge is 0.365 e. The van der Waals surface area contributed by atoms with Crippen LogP contribution in [-0.2, 0) is 18.4 Å². The number of amides is 1. The van der Waals surface area contributed by atoms with Crippen molar-refractivity contribution in [2.75, 3.05) is 26.0 Å². The van der Waals surface area contributed by atoms with Crippen LogP contribution in [0, 0.1) is 5.82 Å². The van der Waals surface area contributed by atoms with E-state index in [4.69, 9.17) is 10.1 Å². The average Bonchev–Trinajstić information content (AvgIpc) is 3.32. The van der Waals surface area contributed by atoms with Gasteiger partial charge in [-0.05, 0) is 45.1 Å². The highest BCUT2D eigenvalue weighted by atomic mass is 19.1. The Morgan fingerprint density at radius 3 is 2.84 bits per heavy atom. The average molecular weight is 436 g/mol. The Bertz CT molecular complexity index is 1320. The van der Waals surface area contributed by atoms with E-state index in [1.165, 1.54) is 6.07 Å². The predicted octanol–water partition coefficient (Wildman–Crippen LogP) is 2.17. The number of fused-ring (bicyclic) bond motifs is 3. The fourth-order valence-electron chi connectivity index (χ4n) is 3.68. The number of carbonyl (C=O) groups is 1. The molecular formula is C22H25FN8O. The van der Waals surface area contributed by atoms with E-state index in [1.807, 2.05) is 31.8 Å². The Labute approximate surface area is 184 Å². The molecule has 0 spiro atoms. The number of hydrogen-bond acceptors (Lipinski definition) is 6. The molecule has 1 aromatic carbocycles. The van der Waals surface area contributed by atoms with E-state index >= 15 is 0 Å². The molecule has 2 N–H and O–H groups in total. The van der Waals surface area contributed by atoms with Gasteiger partial charge in [0, 0.05) is 36.8 Å². The van der Waals surface area contributed by atoms with Crippen LogP contribution in [0.3, 0.4) is 0 Å². The number of benzene rings is 1. The van der Waals surface area contributed by atoms with E-state index in [0.29, 0.717) is 22.9 Å². The van der Waals surface area contributed by atoms with Gasteiger partial charge in [-0.2, -0.15) is 9.61 Å². The van der Waals surface area contributed by atoms with Crippen LogP contribution in [0.2, 0.25) is 0 Å². The molecule has 0 saturated heterocycles. The summed E-state index contributed by atoms with van der Waals surface area (Å²) in [5, 5.41) is 10.9. The summed E-state index contributed by atoms with van der Waals surface area (Å²) in [5.74, 6) is 0.224. The van der Waals surface area contributed by atoms with Crippen LogP contribution >= 0.6 is 0 Å². The van der Waals surface area contributed by atoms with E-state index in [0.717, 1.165) is 35.4 Å². The van der Waals surface area contributed by atoms with Gasteiger partial charge < -0.3 is 20.1 Å². The highest BCUT2D eigenvalue weighted by Gasteiger charge is 2.24. The molecule has 3 aromatic heterocycles. The maximum Gasteiger partial charge on any atom is 0.234 e. The quantitative estimate of drug-likeness (QED) is 0.461. The zero-order chi connectivity index (χ0) is 22.4. The van der Waals surface area contributed by atoms with Crippen molar-refractivity contribution in [1.29, 1.82) is 0 Å². The number of imidazole rings is 1. The fraction of sp³-hybridized carbons (Fsp3) is 0.364. The molecule has 1 aliphatic rings. The van der Waals surface area contributed by atoms with E-state index in [-0.39, 0.29) is 24.8 Å². The van der Waals surface area contributed by atoms with E-state index in [1.54, 1.807) is 27.9 Å². The van der Waals surface area contributed by atoms with E-state index in [2.05, 4.69) is 15.6 Å². The van der Waals surface area contributed by atoms with Crippen molar-refractivity contribution in [2.24, 2.45) is 7.05 Å². The molecule has 5 rings (SSSR count). The Morgan fingerprint density at radius 2 is 2.09 bits per heavy atom. The van der Waals surface area contributed by atoms with Crippen LogP contribution in [-0.4, -0.2) is 61.6 Å². The Balaban J connectivity index is 1.50. The zero-order valence-electron chi connectivity index (χ0n) is 18.3. The molecule has 0 atom stereocenters. The van der Waals surface area contributed by atoms with Crippen LogP contribution in [0.4, 0.5) is 10.2 Å². The summed E-state index contributed by atoms with van der Waals surface area (Å²) in [7, 11) is 5.54. The van der Waals surface area contributed by atoms with Crippen LogP contribution in [0.15, 0.2) is 30.6 Å². The lowest BCUT2D eigenvalue weighted by Gasteiger charge is -2.11. The third-order valence-corrected chi connectivity index (χ3v) is 5.44. The van der Waals surface area contributed by atoms with Gasteiger partial charge in [0.2, 0.25) is 5.91 Å². The van der Waals surface area contributed by atoms with Gasteiger partial charge in [0.05, 0.1) is 18.6 Å². The summed E-state index contributed by atoms with van der Waals surface area (Å²) < 4.78 is 18.1. The number of halogens is 1. The molecule has 1 saturated carbocycles. The number of hydrogen-bond donors (Lipinski definition) is 2. The first-order chi connectivity index (χ1) is 15.4. The number of nitrogens with zero attached hydrogens (tertiary/aromatic N) is 6. The van der Waals surface area contributed by atoms with Crippen molar-refractivity contribution in [3.8, 4) is 11.3 Å². The topological polar surface area (TPSA) is 92.4 Å². The molecule has 4 aromatic rings. The van der Waals surface area contributed by atoms with E-state index < -0.39 is 0 Å². The van der Waals surface area contributed by atoms with E-state index in [9.17, 15) is 9.18 Å². The first kappa shape index (κ1) is 20.4. The van der Waals surface area contributed by atoms with Crippen LogP contribution in [0.1, 0.15) is 18.4 Å². The molecule has 1 fully saturated rings. The Hall–Kier alpha value is -3.53. The van der Waals surface area contributed by atoms with Gasteiger partial charge in [-0.1, -0.05) is 0 Å². The van der Waals surface area contributed by atoms with Crippen molar-refractivity contribution in [2.45, 2.75) is 25.4 Å². The minimum atomic E-state index is -0.370. The maximum absolute atomic E-state index is 14.4. The SMILES string of the molecule is CN(C)CC(=O)NCc1cc(-c2cc3nc(NC4CC4)c4ncn(C)c4n3n2)ccc1F. The molecular weight excluding hydrogens is 411 g/mol. The van der Waals surface area contributed by atoms with Crippen molar-refractivity contribution in [3.63, 3.8) is 0 Å². The summed E-state index contributed by atoms with van der Waals surface area (Å²) in [6, 6.07) is 7.13. The summed E-state index contributed by atoms with van der Waals surface area (Å²) in [5.41, 5.74) is 4.11. The van der Waals surface area contributed by atoms with Crippen molar-refractivity contribution >= 4 is 28.5 Å². The highest BCUT2D eigenvalue weighted by Crippen LogP contribution is 2.30. The molecule has 0 radical (unpaired) electrons.